The first-order valence-electron chi connectivity index (χ1n) is 13.2. The Morgan fingerprint density at radius 2 is 1.67 bits per heavy atom. The number of aliphatic hydroxyl groups excluding tert-OH is 5. The third-order valence-corrected chi connectivity index (χ3v) is 9.49. The van der Waals surface area contributed by atoms with E-state index in [1.54, 1.807) is 19.1 Å². The highest BCUT2D eigenvalue weighted by atomic mass is 35.5. The summed E-state index contributed by atoms with van der Waals surface area (Å²) in [5, 5.41) is 51.1. The summed E-state index contributed by atoms with van der Waals surface area (Å²) in [6.07, 6.45) is -1.60. The molecule has 2 aromatic rings. The van der Waals surface area contributed by atoms with E-state index in [2.05, 4.69) is 0 Å². The van der Waals surface area contributed by atoms with Gasteiger partial charge in [0, 0.05) is 20.3 Å². The van der Waals surface area contributed by atoms with E-state index in [-0.39, 0.29) is 23.6 Å². The molecule has 8 atom stereocenters. The molecule has 39 heavy (non-hydrogen) atoms. The highest BCUT2D eigenvalue weighted by molar-refractivity contribution is 7.13. The summed E-state index contributed by atoms with van der Waals surface area (Å²) in [6, 6.07) is 9.00. The van der Waals surface area contributed by atoms with Gasteiger partial charge in [-0.05, 0) is 92.7 Å². The van der Waals surface area contributed by atoms with Gasteiger partial charge in [-0.3, -0.25) is 0 Å². The zero-order valence-corrected chi connectivity index (χ0v) is 24.8. The smallest absolute Gasteiger partial charge is 0.348 e. The monoisotopic (exact) mass is 622 g/mol. The van der Waals surface area contributed by atoms with Crippen LogP contribution in [0.2, 0.25) is 10.0 Å². The number of ether oxygens (including phenoxy) is 1. The number of hydrogen-bond donors (Lipinski definition) is 5. The van der Waals surface area contributed by atoms with Crippen molar-refractivity contribution in [2.24, 2.45) is 11.8 Å². The number of carbonyl (C=O) groups is 1. The Balaban J connectivity index is 1.46. The van der Waals surface area contributed by atoms with Gasteiger partial charge in [0.15, 0.2) is 0 Å². The molecule has 5 N–H and O–H groups in total. The average Bonchev–Trinajstić information content (AvgIpc) is 3.47. The molecule has 0 spiro atoms. The SMILES string of the molecule is CC[C@@H](O)[C@@H](O)[C@H](O)[C@H](O)COC(=O)c1ccc(CCC[C@@H]2[C@@H](CCc3cc(Cl)cc(Cl)c3)[C@H](O)C[C@H]2Cl)s1. The lowest BCUT2D eigenvalue weighted by atomic mass is 9.85. The maximum atomic E-state index is 12.4. The molecule has 1 aromatic carbocycles. The minimum atomic E-state index is -1.64. The number of alkyl halides is 1. The van der Waals surface area contributed by atoms with Gasteiger partial charge in [0.1, 0.15) is 29.8 Å². The van der Waals surface area contributed by atoms with Crippen LogP contribution in [0.25, 0.3) is 0 Å². The fourth-order valence-corrected chi connectivity index (χ4v) is 7.20. The topological polar surface area (TPSA) is 127 Å². The first kappa shape index (κ1) is 32.6. The molecule has 1 aromatic heterocycles. The number of aryl methyl sites for hydroxylation is 2. The number of esters is 1. The van der Waals surface area contributed by atoms with E-state index in [4.69, 9.17) is 39.5 Å². The molecular weight excluding hydrogens is 587 g/mol. The molecule has 0 radical (unpaired) electrons. The second-order valence-electron chi connectivity index (χ2n) is 10.2. The van der Waals surface area contributed by atoms with Crippen molar-refractivity contribution in [1.82, 2.24) is 0 Å². The van der Waals surface area contributed by atoms with Gasteiger partial charge in [-0.2, -0.15) is 0 Å². The lowest BCUT2D eigenvalue weighted by molar-refractivity contribution is -0.116. The molecule has 1 aliphatic rings. The van der Waals surface area contributed by atoms with E-state index in [9.17, 15) is 30.3 Å². The standard InChI is InChI=1S/C28H37Cl3O7S/c1-2-22(32)26(35)27(36)24(34)14-38-28(37)25-9-7-18(39-25)4-3-5-19-20(23(33)13-21(19)31)8-6-15-10-16(29)12-17(30)11-15/h7,9-12,19-24,26-27,32-36H,2-6,8,13-14H2,1H3/t19-,20-,21-,22-,23-,24-,26-,27-/m1/s1. The predicted molar refractivity (Wildman–Crippen MR) is 154 cm³/mol. The van der Waals surface area contributed by atoms with Crippen molar-refractivity contribution in [2.75, 3.05) is 6.61 Å². The highest BCUT2D eigenvalue weighted by Gasteiger charge is 2.40. The lowest BCUT2D eigenvalue weighted by Gasteiger charge is -2.25. The Bertz CT molecular complexity index is 1050. The summed E-state index contributed by atoms with van der Waals surface area (Å²) < 4.78 is 5.10. The van der Waals surface area contributed by atoms with E-state index in [1.165, 1.54) is 11.3 Å². The van der Waals surface area contributed by atoms with Gasteiger partial charge in [-0.1, -0.05) is 30.1 Å². The Hall–Kier alpha value is -0.940. The Labute approximate surface area is 248 Å². The Morgan fingerprint density at radius 3 is 2.33 bits per heavy atom. The lowest BCUT2D eigenvalue weighted by Crippen LogP contribution is -2.46. The van der Waals surface area contributed by atoms with Crippen molar-refractivity contribution >= 4 is 52.1 Å². The van der Waals surface area contributed by atoms with E-state index >= 15 is 0 Å². The molecular formula is C28H37Cl3O7S. The molecule has 0 amide bonds. The van der Waals surface area contributed by atoms with Gasteiger partial charge in [-0.25, -0.2) is 4.79 Å². The van der Waals surface area contributed by atoms with Crippen LogP contribution in [0.15, 0.2) is 30.3 Å². The Morgan fingerprint density at radius 1 is 1.00 bits per heavy atom. The number of hydrogen-bond acceptors (Lipinski definition) is 8. The first-order chi connectivity index (χ1) is 18.5. The zero-order valence-electron chi connectivity index (χ0n) is 21.8. The molecule has 7 nitrogen and oxygen atoms in total. The van der Waals surface area contributed by atoms with E-state index < -0.39 is 43.1 Å². The minimum absolute atomic E-state index is 0.0814. The molecule has 3 rings (SSSR count). The second-order valence-corrected chi connectivity index (χ2v) is 12.8. The maximum absolute atomic E-state index is 12.4. The molecule has 0 saturated heterocycles. The number of carbonyl (C=O) groups excluding carboxylic acids is 1. The molecule has 1 fully saturated rings. The molecule has 1 heterocycles. The number of halogens is 3. The zero-order chi connectivity index (χ0) is 28.7. The van der Waals surface area contributed by atoms with Crippen molar-refractivity contribution in [2.45, 2.75) is 87.8 Å². The predicted octanol–water partition coefficient (Wildman–Crippen LogP) is 4.63. The fraction of sp³-hybridized carbons (Fsp3) is 0.607. The fourth-order valence-electron chi connectivity index (χ4n) is 5.19. The van der Waals surface area contributed by atoms with E-state index in [0.717, 1.165) is 42.5 Å². The summed E-state index contributed by atoms with van der Waals surface area (Å²) in [6.45, 7) is 1.12. The van der Waals surface area contributed by atoms with Gasteiger partial charge in [0.05, 0.1) is 12.2 Å². The average molecular weight is 624 g/mol. The van der Waals surface area contributed by atoms with Crippen LogP contribution >= 0.6 is 46.1 Å². The molecule has 0 aliphatic heterocycles. The van der Waals surface area contributed by atoms with Gasteiger partial charge in [-0.15, -0.1) is 22.9 Å². The third kappa shape index (κ3) is 9.28. The van der Waals surface area contributed by atoms with Gasteiger partial charge in [0.2, 0.25) is 0 Å². The molecule has 0 bridgehead atoms. The van der Waals surface area contributed by atoms with Crippen molar-refractivity contribution in [3.8, 4) is 0 Å². The molecule has 1 saturated carbocycles. The Kier molecular flexibility index (Phi) is 12.8. The van der Waals surface area contributed by atoms with Crippen molar-refractivity contribution in [3.63, 3.8) is 0 Å². The highest BCUT2D eigenvalue weighted by Crippen LogP contribution is 2.42. The normalized spacial score (nSPS) is 24.3. The summed E-state index contributed by atoms with van der Waals surface area (Å²) in [5.41, 5.74) is 1.03. The van der Waals surface area contributed by atoms with Crippen LogP contribution in [0.4, 0.5) is 0 Å². The van der Waals surface area contributed by atoms with Crippen LogP contribution in [0, 0.1) is 11.8 Å². The van der Waals surface area contributed by atoms with Crippen molar-refractivity contribution in [3.05, 3.63) is 55.7 Å². The van der Waals surface area contributed by atoms with Gasteiger partial charge < -0.3 is 30.3 Å². The first-order valence-corrected chi connectivity index (χ1v) is 15.3. The van der Waals surface area contributed by atoms with E-state index in [1.807, 2.05) is 18.2 Å². The van der Waals surface area contributed by atoms with Crippen molar-refractivity contribution < 1.29 is 35.1 Å². The minimum Gasteiger partial charge on any atom is -0.459 e. The van der Waals surface area contributed by atoms with Crippen LogP contribution in [0.3, 0.4) is 0 Å². The largest absolute Gasteiger partial charge is 0.459 e. The number of rotatable bonds is 14. The third-order valence-electron chi connectivity index (χ3n) is 7.43. The van der Waals surface area contributed by atoms with E-state index in [0.29, 0.717) is 21.3 Å². The number of benzene rings is 1. The molecule has 1 aliphatic carbocycles. The quantitative estimate of drug-likeness (QED) is 0.153. The van der Waals surface area contributed by atoms with Crippen LogP contribution in [-0.4, -0.2) is 74.0 Å². The summed E-state index contributed by atoms with van der Waals surface area (Å²) in [4.78, 5) is 13.8. The summed E-state index contributed by atoms with van der Waals surface area (Å²) in [7, 11) is 0. The van der Waals surface area contributed by atoms with Gasteiger partial charge in [0.25, 0.3) is 0 Å². The van der Waals surface area contributed by atoms with Crippen molar-refractivity contribution in [1.29, 1.82) is 0 Å². The molecule has 0 unspecified atom stereocenters. The number of thiophene rings is 1. The van der Waals surface area contributed by atoms with Crippen LogP contribution in [0.1, 0.15) is 59.1 Å². The molecule has 218 valence electrons. The summed E-state index contributed by atoms with van der Waals surface area (Å²) in [5.74, 6) is -0.378. The van der Waals surface area contributed by atoms with Crippen LogP contribution in [0.5, 0.6) is 0 Å². The summed E-state index contributed by atoms with van der Waals surface area (Å²) >= 11 is 20.2. The van der Waals surface area contributed by atoms with Crippen LogP contribution < -0.4 is 0 Å². The van der Waals surface area contributed by atoms with Gasteiger partial charge >= 0.3 is 5.97 Å². The molecule has 11 heteroatoms. The number of aliphatic hydroxyl groups is 5. The van der Waals surface area contributed by atoms with Crippen LogP contribution in [-0.2, 0) is 17.6 Å². The second kappa shape index (κ2) is 15.3. The maximum Gasteiger partial charge on any atom is 0.348 e.